The molecule has 0 atom stereocenters. The van der Waals surface area contributed by atoms with E-state index in [1.54, 1.807) is 12.1 Å². The molecule has 0 aliphatic carbocycles. The number of halogens is 3. The third-order valence-electron chi connectivity index (χ3n) is 3.43. The Hall–Kier alpha value is -1.72. The molecule has 1 heterocycles. The van der Waals surface area contributed by atoms with Gasteiger partial charge in [0.05, 0.1) is 5.56 Å². The molecular formula is C14H16F3NO2. The monoisotopic (exact) mass is 287 g/mol. The SMILES string of the molecule is O=C(O)c1ccc2c(c1)CCCN2CCCC(F)(F)F. The summed E-state index contributed by atoms with van der Waals surface area (Å²) in [5.74, 6) is -0.984. The molecular weight excluding hydrogens is 271 g/mol. The lowest BCUT2D eigenvalue weighted by Crippen LogP contribution is -2.31. The molecule has 0 bridgehead atoms. The number of carbonyl (C=O) groups is 1. The third-order valence-corrected chi connectivity index (χ3v) is 3.43. The van der Waals surface area contributed by atoms with E-state index in [-0.39, 0.29) is 12.0 Å². The predicted octanol–water partition coefficient (Wildman–Crippen LogP) is 3.48. The summed E-state index contributed by atoms with van der Waals surface area (Å²) in [5.41, 5.74) is 1.99. The van der Waals surface area contributed by atoms with Crippen LogP contribution in [0.1, 0.15) is 35.2 Å². The van der Waals surface area contributed by atoms with Crippen molar-refractivity contribution in [2.24, 2.45) is 0 Å². The summed E-state index contributed by atoms with van der Waals surface area (Å²) in [5, 5.41) is 8.94. The van der Waals surface area contributed by atoms with Gasteiger partial charge < -0.3 is 10.0 Å². The number of nitrogens with zero attached hydrogens (tertiary/aromatic N) is 1. The highest BCUT2D eigenvalue weighted by Gasteiger charge is 2.27. The van der Waals surface area contributed by atoms with Crippen LogP contribution in [0.2, 0.25) is 0 Å². The molecule has 0 aromatic heterocycles. The van der Waals surface area contributed by atoms with E-state index < -0.39 is 18.6 Å². The Morgan fingerprint density at radius 3 is 2.75 bits per heavy atom. The fraction of sp³-hybridized carbons (Fsp3) is 0.500. The number of carboxylic acids is 1. The molecule has 0 unspecified atom stereocenters. The molecule has 20 heavy (non-hydrogen) atoms. The van der Waals surface area contributed by atoms with E-state index in [4.69, 9.17) is 5.11 Å². The van der Waals surface area contributed by atoms with Crippen LogP contribution in [0.4, 0.5) is 18.9 Å². The average Bonchev–Trinajstić information content (AvgIpc) is 2.36. The van der Waals surface area contributed by atoms with Crippen molar-refractivity contribution in [1.29, 1.82) is 0 Å². The first kappa shape index (κ1) is 14.7. The van der Waals surface area contributed by atoms with Gasteiger partial charge in [-0.15, -0.1) is 0 Å². The van der Waals surface area contributed by atoms with Crippen LogP contribution in [0.25, 0.3) is 0 Å². The number of aromatic carboxylic acids is 1. The molecule has 2 rings (SSSR count). The molecule has 0 amide bonds. The minimum absolute atomic E-state index is 0.0591. The Labute approximate surface area is 115 Å². The van der Waals surface area contributed by atoms with E-state index in [0.717, 1.165) is 30.6 Å². The number of anilines is 1. The van der Waals surface area contributed by atoms with E-state index in [0.29, 0.717) is 6.54 Å². The van der Waals surface area contributed by atoms with E-state index in [1.165, 1.54) is 6.07 Å². The van der Waals surface area contributed by atoms with Crippen molar-refractivity contribution in [2.45, 2.75) is 31.9 Å². The van der Waals surface area contributed by atoms with Crippen LogP contribution in [-0.2, 0) is 6.42 Å². The van der Waals surface area contributed by atoms with E-state index in [9.17, 15) is 18.0 Å². The van der Waals surface area contributed by atoms with Crippen molar-refractivity contribution in [1.82, 2.24) is 0 Å². The molecule has 1 N–H and O–H groups in total. The van der Waals surface area contributed by atoms with Crippen LogP contribution in [-0.4, -0.2) is 30.3 Å². The molecule has 6 heteroatoms. The largest absolute Gasteiger partial charge is 0.478 e. The van der Waals surface area contributed by atoms with Crippen LogP contribution >= 0.6 is 0 Å². The lowest BCUT2D eigenvalue weighted by molar-refractivity contribution is -0.135. The van der Waals surface area contributed by atoms with Gasteiger partial charge in [0.1, 0.15) is 0 Å². The molecule has 3 nitrogen and oxygen atoms in total. The lowest BCUT2D eigenvalue weighted by Gasteiger charge is -2.31. The maximum Gasteiger partial charge on any atom is 0.389 e. The topological polar surface area (TPSA) is 40.5 Å². The third kappa shape index (κ3) is 3.65. The van der Waals surface area contributed by atoms with Gasteiger partial charge in [0.2, 0.25) is 0 Å². The second-order valence-corrected chi connectivity index (χ2v) is 4.96. The lowest BCUT2D eigenvalue weighted by atomic mass is 9.99. The number of alkyl halides is 3. The first-order valence-electron chi connectivity index (χ1n) is 6.55. The van der Waals surface area contributed by atoms with Crippen LogP contribution < -0.4 is 4.90 Å². The van der Waals surface area contributed by atoms with Gasteiger partial charge in [-0.05, 0) is 43.0 Å². The summed E-state index contributed by atoms with van der Waals surface area (Å²) in [4.78, 5) is 12.8. The van der Waals surface area contributed by atoms with E-state index in [2.05, 4.69) is 0 Å². The maximum absolute atomic E-state index is 12.2. The maximum atomic E-state index is 12.2. The van der Waals surface area contributed by atoms with Gasteiger partial charge in [-0.1, -0.05) is 0 Å². The first-order chi connectivity index (χ1) is 9.37. The van der Waals surface area contributed by atoms with Gasteiger partial charge in [0.15, 0.2) is 0 Å². The van der Waals surface area contributed by atoms with Gasteiger partial charge in [0.25, 0.3) is 0 Å². The summed E-state index contributed by atoms with van der Waals surface area (Å²) in [7, 11) is 0. The van der Waals surface area contributed by atoms with Gasteiger partial charge in [-0.3, -0.25) is 0 Å². The quantitative estimate of drug-likeness (QED) is 0.921. The van der Waals surface area contributed by atoms with Gasteiger partial charge in [-0.2, -0.15) is 13.2 Å². The van der Waals surface area contributed by atoms with E-state index in [1.807, 2.05) is 4.90 Å². The van der Waals surface area contributed by atoms with Gasteiger partial charge in [0, 0.05) is 25.2 Å². The number of rotatable bonds is 4. The van der Waals surface area contributed by atoms with Crippen molar-refractivity contribution in [3.8, 4) is 0 Å². The van der Waals surface area contributed by atoms with Crippen LogP contribution in [0.15, 0.2) is 18.2 Å². The molecule has 0 saturated heterocycles. The zero-order chi connectivity index (χ0) is 14.8. The van der Waals surface area contributed by atoms with Gasteiger partial charge in [-0.25, -0.2) is 4.79 Å². The predicted molar refractivity (Wildman–Crippen MR) is 69.2 cm³/mol. The standard InChI is InChI=1S/C14H16F3NO2/c15-14(16,17)6-2-8-18-7-1-3-10-9-11(13(19)20)4-5-12(10)18/h4-5,9H,1-3,6-8H2,(H,19,20). The minimum Gasteiger partial charge on any atom is -0.478 e. The number of fused-ring (bicyclic) bond motifs is 1. The molecule has 0 fully saturated rings. The second-order valence-electron chi connectivity index (χ2n) is 4.96. The van der Waals surface area contributed by atoms with Gasteiger partial charge >= 0.3 is 12.1 Å². The molecule has 1 aromatic rings. The highest BCUT2D eigenvalue weighted by atomic mass is 19.4. The summed E-state index contributed by atoms with van der Waals surface area (Å²) >= 11 is 0. The molecule has 0 spiro atoms. The highest BCUT2D eigenvalue weighted by molar-refractivity contribution is 5.88. The van der Waals surface area contributed by atoms with Crippen molar-refractivity contribution in [2.75, 3.05) is 18.0 Å². The minimum atomic E-state index is -4.12. The van der Waals surface area contributed by atoms with Crippen molar-refractivity contribution in [3.05, 3.63) is 29.3 Å². The zero-order valence-electron chi connectivity index (χ0n) is 10.9. The highest BCUT2D eigenvalue weighted by Crippen LogP contribution is 2.29. The molecule has 1 aliphatic rings. The fourth-order valence-corrected chi connectivity index (χ4v) is 2.51. The number of hydrogen-bond donors (Lipinski definition) is 1. The summed E-state index contributed by atoms with van der Waals surface area (Å²) in [6, 6.07) is 4.82. The number of benzene rings is 1. The Balaban J connectivity index is 2.07. The first-order valence-corrected chi connectivity index (χ1v) is 6.55. The number of hydrogen-bond acceptors (Lipinski definition) is 2. The van der Waals surface area contributed by atoms with E-state index >= 15 is 0 Å². The molecule has 1 aliphatic heterocycles. The Morgan fingerprint density at radius 2 is 2.10 bits per heavy atom. The Bertz CT molecular complexity index is 500. The molecule has 1 aromatic carbocycles. The summed E-state index contributed by atoms with van der Waals surface area (Å²) in [6.45, 7) is 1.07. The zero-order valence-corrected chi connectivity index (χ0v) is 10.9. The van der Waals surface area contributed by atoms with Crippen molar-refractivity contribution < 1.29 is 23.1 Å². The molecule has 110 valence electrons. The number of aryl methyl sites for hydroxylation is 1. The normalized spacial score (nSPS) is 15.1. The Kier molecular flexibility index (Phi) is 4.20. The molecule has 0 saturated carbocycles. The Morgan fingerprint density at radius 1 is 1.35 bits per heavy atom. The van der Waals surface area contributed by atoms with Crippen molar-refractivity contribution >= 4 is 11.7 Å². The van der Waals surface area contributed by atoms with Crippen LogP contribution in [0, 0.1) is 0 Å². The van der Waals surface area contributed by atoms with Crippen molar-refractivity contribution in [3.63, 3.8) is 0 Å². The summed E-state index contributed by atoms with van der Waals surface area (Å²) in [6.07, 6.45) is -3.24. The molecule has 0 radical (unpaired) electrons. The number of carboxylic acid groups (broad SMARTS) is 1. The average molecular weight is 287 g/mol. The smallest absolute Gasteiger partial charge is 0.389 e. The second kappa shape index (κ2) is 5.73. The summed E-state index contributed by atoms with van der Waals surface area (Å²) < 4.78 is 36.5. The van der Waals surface area contributed by atoms with Crippen LogP contribution in [0.3, 0.4) is 0 Å². The van der Waals surface area contributed by atoms with Crippen LogP contribution in [0.5, 0.6) is 0 Å². The fourth-order valence-electron chi connectivity index (χ4n) is 2.51.